The summed E-state index contributed by atoms with van der Waals surface area (Å²) in [5.74, 6) is 1.80. The summed E-state index contributed by atoms with van der Waals surface area (Å²) in [5.41, 5.74) is 10.1. The van der Waals surface area contributed by atoms with E-state index in [0.29, 0.717) is 31.3 Å². The number of carbonyl (C=O) groups excluding carboxylic acids is 1. The molecule has 0 bridgehead atoms. The predicted octanol–water partition coefficient (Wildman–Crippen LogP) is 8.14. The number of Topliss-reactive ketones (excluding diaryl/α,β-unsaturated/α-hetero) is 1. The fourth-order valence-electron chi connectivity index (χ4n) is 3.94. The average Bonchev–Trinajstić information content (AvgIpc) is 2.77. The first kappa shape index (κ1) is 36.3. The van der Waals surface area contributed by atoms with Crippen LogP contribution in [0.4, 0.5) is 17.3 Å². The molecule has 0 saturated carbocycles. The van der Waals surface area contributed by atoms with Crippen molar-refractivity contribution in [1.82, 2.24) is 0 Å². The zero-order valence-electron chi connectivity index (χ0n) is 26.7. The van der Waals surface area contributed by atoms with Gasteiger partial charge in [-0.3, -0.25) is 0 Å². The first-order valence-electron chi connectivity index (χ1n) is 13.8. The van der Waals surface area contributed by atoms with Gasteiger partial charge in [-0.05, 0) is 0 Å². The molecule has 1 aliphatic heterocycles. The van der Waals surface area contributed by atoms with Crippen LogP contribution in [0.15, 0.2) is 62.7 Å². The molecular weight excluding hydrogens is 675 g/mol. The molecule has 3 nitrogen and oxygen atoms in total. The third-order valence-electron chi connectivity index (χ3n) is 6.38. The number of allylic oxidation sites excluding steroid dienone is 8. The minimum Gasteiger partial charge on any atom is -0.418 e. The Bertz CT molecular complexity index is 1370. The summed E-state index contributed by atoms with van der Waals surface area (Å²) in [6.07, 6.45) is 5.96. The van der Waals surface area contributed by atoms with Gasteiger partial charge in [0, 0.05) is 0 Å². The van der Waals surface area contributed by atoms with Crippen molar-refractivity contribution in [2.24, 2.45) is 16.6 Å². The van der Waals surface area contributed by atoms with E-state index >= 15 is 0 Å². The third-order valence-corrected chi connectivity index (χ3v) is 11.3. The molecule has 2 heterocycles. The van der Waals surface area contributed by atoms with Crippen LogP contribution < -0.4 is 5.73 Å². The number of ether oxygens (including phenoxy) is 1. The van der Waals surface area contributed by atoms with Crippen molar-refractivity contribution in [3.63, 3.8) is 0 Å². The molecule has 0 fully saturated rings. The molecule has 2 aliphatic rings. The number of hydrogen-bond acceptors (Lipinski definition) is 3. The van der Waals surface area contributed by atoms with Gasteiger partial charge in [-0.15, -0.1) is 0 Å². The third kappa shape index (κ3) is 9.57. The van der Waals surface area contributed by atoms with E-state index in [1.54, 1.807) is 0 Å². The Labute approximate surface area is 263 Å². The number of carbonyl (C=O) groups is 1. The van der Waals surface area contributed by atoms with E-state index < -0.39 is 7.25 Å². The zero-order chi connectivity index (χ0) is 32.8. The first-order chi connectivity index (χ1) is 18.6. The molecule has 1 aromatic heterocycles. The molecule has 0 unspecified atom stereocenters. The summed E-state index contributed by atoms with van der Waals surface area (Å²) in [4.78, 5) is 13.4. The molecule has 3 rings (SSSR count). The van der Waals surface area contributed by atoms with Gasteiger partial charge >= 0.3 is 247 Å². The normalized spacial score (nSPS) is 19.0. The molecule has 1 aliphatic carbocycles. The second kappa shape index (κ2) is 12.3. The number of halogens is 4. The molecule has 0 radical (unpaired) electrons. The van der Waals surface area contributed by atoms with Crippen LogP contribution in [0.1, 0.15) is 97.5 Å². The topological polar surface area (TPSA) is 52.3 Å². The number of nitrogens with two attached hydrogens (primary N) is 1. The maximum atomic E-state index is 13.4. The summed E-state index contributed by atoms with van der Waals surface area (Å²) < 4.78 is 49.2. The Balaban J connectivity index is 0.00000113. The summed E-state index contributed by atoms with van der Waals surface area (Å²) in [7, 11) is -6.00. The minimum absolute atomic E-state index is 0.000176. The van der Waals surface area contributed by atoms with Gasteiger partial charge in [-0.1, -0.05) is 0 Å². The monoisotopic (exact) mass is 721 g/mol. The van der Waals surface area contributed by atoms with Gasteiger partial charge in [-0.2, -0.15) is 0 Å². The number of ketones is 1. The molecule has 42 heavy (non-hydrogen) atoms. The number of hydrogen-bond donors (Lipinski definition) is 1. The van der Waals surface area contributed by atoms with Crippen molar-refractivity contribution in [3.8, 4) is 0 Å². The van der Waals surface area contributed by atoms with Gasteiger partial charge in [0.15, 0.2) is 0 Å². The molecule has 0 amide bonds. The van der Waals surface area contributed by atoms with Crippen LogP contribution in [-0.4, -0.2) is 43.6 Å². The second-order valence-electron chi connectivity index (χ2n) is 14.7. The summed E-state index contributed by atoms with van der Waals surface area (Å²) >= 11 is 2.93. The van der Waals surface area contributed by atoms with Crippen molar-refractivity contribution < 1.29 is 26.8 Å². The molecular formula is C32H44BF4NO2Se2. The molecule has 0 aromatic carbocycles. The molecule has 2 N–H and O–H groups in total. The zero-order valence-corrected chi connectivity index (χ0v) is 30.3. The van der Waals surface area contributed by atoms with Crippen LogP contribution in [-0.2, 0) is 20.4 Å². The van der Waals surface area contributed by atoms with Crippen LogP contribution in [0.25, 0.3) is 6.08 Å². The van der Waals surface area contributed by atoms with Gasteiger partial charge in [0.1, 0.15) is 0 Å². The van der Waals surface area contributed by atoms with Crippen molar-refractivity contribution in [3.05, 3.63) is 77.1 Å². The van der Waals surface area contributed by atoms with E-state index in [1.807, 2.05) is 18.2 Å². The van der Waals surface area contributed by atoms with Gasteiger partial charge < -0.3 is 17.3 Å². The van der Waals surface area contributed by atoms with Crippen LogP contribution in [0.5, 0.6) is 0 Å². The van der Waals surface area contributed by atoms with Crippen molar-refractivity contribution in [1.29, 1.82) is 0 Å². The molecule has 232 valence electrons. The van der Waals surface area contributed by atoms with E-state index in [-0.39, 0.29) is 27.4 Å². The van der Waals surface area contributed by atoms with E-state index in [9.17, 15) is 22.1 Å². The van der Waals surface area contributed by atoms with Crippen molar-refractivity contribution in [2.75, 3.05) is 0 Å². The fraction of sp³-hybridized carbons (Fsp3) is 0.500. The summed E-state index contributed by atoms with van der Waals surface area (Å²) in [6.45, 7) is 26.4. The molecule has 0 spiro atoms. The van der Waals surface area contributed by atoms with Gasteiger partial charge in [0.2, 0.25) is 0 Å². The van der Waals surface area contributed by atoms with Gasteiger partial charge in [-0.25, -0.2) is 0 Å². The first-order valence-corrected chi connectivity index (χ1v) is 16.4. The van der Waals surface area contributed by atoms with E-state index in [1.165, 1.54) is 8.87 Å². The Kier molecular flexibility index (Phi) is 10.6. The predicted molar refractivity (Wildman–Crippen MR) is 170 cm³/mol. The molecule has 10 heteroatoms. The SMILES string of the molecule is CC(C)(C)C1=CC(=CC2=C(N)C(=Cc3cc(C(C)(C)C)[se+]c(C(C)(C)C)c3)C2=O)C([SeH])=C(C(C)(C)C)O1.F[B-](F)(F)F. The van der Waals surface area contributed by atoms with Crippen LogP contribution in [0.2, 0.25) is 0 Å². The van der Waals surface area contributed by atoms with Crippen molar-refractivity contribution >= 4 is 49.6 Å². The molecule has 1 aromatic rings. The van der Waals surface area contributed by atoms with Gasteiger partial charge in [0.05, 0.1) is 0 Å². The van der Waals surface area contributed by atoms with E-state index in [0.717, 1.165) is 27.1 Å². The largest absolute Gasteiger partial charge is 0.673 e. The van der Waals surface area contributed by atoms with Gasteiger partial charge in [0.25, 0.3) is 0 Å². The Hall–Kier alpha value is -1.86. The quantitative estimate of drug-likeness (QED) is 0.191. The number of rotatable bonds is 2. The van der Waals surface area contributed by atoms with E-state index in [4.69, 9.17) is 10.5 Å². The second-order valence-corrected chi connectivity index (χ2v) is 17.9. The van der Waals surface area contributed by atoms with Crippen LogP contribution >= 0.6 is 0 Å². The van der Waals surface area contributed by atoms with Crippen LogP contribution in [0.3, 0.4) is 0 Å². The fourth-order valence-corrected chi connectivity index (χ4v) is 7.61. The maximum Gasteiger partial charge on any atom is 0.673 e. The van der Waals surface area contributed by atoms with Crippen molar-refractivity contribution in [2.45, 2.75) is 93.9 Å². The average molecular weight is 719 g/mol. The maximum absolute atomic E-state index is 13.4. The Morgan fingerprint density at radius 1 is 0.810 bits per heavy atom. The Morgan fingerprint density at radius 3 is 1.62 bits per heavy atom. The van der Waals surface area contributed by atoms with E-state index in [2.05, 4.69) is 111 Å². The molecule has 0 saturated heterocycles. The molecule has 0 atom stereocenters. The minimum atomic E-state index is -6.00. The standard InChI is InChI=1S/C32H43NO2Se2.BF4/c1-29(2,3)22-17-19(27(36)28(35-22)32(10,11)12)16-21-25(33)20(26(21)34)13-18-14-23(30(4,5)6)37-24(15-18)31(7,8)9;2-1(3,4)5/h13-17H,1-12H3,(H2-,33,34,36);/q;-1/p+1. The Morgan fingerprint density at radius 2 is 1.26 bits per heavy atom. The van der Waals surface area contributed by atoms with Crippen LogP contribution in [0, 0.1) is 10.8 Å². The smallest absolute Gasteiger partial charge is 0.418 e. The summed E-state index contributed by atoms with van der Waals surface area (Å²) in [5, 5.41) is 0. The summed E-state index contributed by atoms with van der Waals surface area (Å²) in [6, 6.07) is 4.52.